The average Bonchev–Trinajstić information content (AvgIpc) is 2.27. The van der Waals surface area contributed by atoms with E-state index in [-0.39, 0.29) is 6.10 Å². The second-order valence-electron chi connectivity index (χ2n) is 3.19. The van der Waals surface area contributed by atoms with Crippen molar-refractivity contribution in [2.24, 2.45) is 0 Å². The molecule has 0 fully saturated rings. The molecule has 1 aromatic heterocycles. The summed E-state index contributed by atoms with van der Waals surface area (Å²) >= 11 is 0. The highest BCUT2D eigenvalue weighted by atomic mass is 16.5. The van der Waals surface area contributed by atoms with Crippen LogP contribution in [-0.2, 0) is 4.74 Å². The smallest absolute Gasteiger partial charge is 0.131 e. The van der Waals surface area contributed by atoms with Crippen LogP contribution in [0.4, 0.5) is 11.6 Å². The summed E-state index contributed by atoms with van der Waals surface area (Å²) in [4.78, 5) is 8.13. The highest BCUT2D eigenvalue weighted by molar-refractivity contribution is 5.45. The molecule has 0 bridgehead atoms. The van der Waals surface area contributed by atoms with Gasteiger partial charge in [-0.2, -0.15) is 0 Å². The molecule has 0 spiro atoms. The van der Waals surface area contributed by atoms with Crippen LogP contribution >= 0.6 is 0 Å². The number of rotatable bonds is 6. The summed E-state index contributed by atoms with van der Waals surface area (Å²) in [5, 5.41) is 6.15. The Kier molecular flexibility index (Phi) is 4.83. The Labute approximate surface area is 90.3 Å². The van der Waals surface area contributed by atoms with Gasteiger partial charge in [0.05, 0.1) is 6.10 Å². The molecule has 15 heavy (non-hydrogen) atoms. The van der Waals surface area contributed by atoms with Crippen molar-refractivity contribution in [3.8, 4) is 0 Å². The molecule has 0 aliphatic carbocycles. The Hall–Kier alpha value is -1.36. The van der Waals surface area contributed by atoms with Crippen LogP contribution in [0.5, 0.6) is 0 Å². The third-order valence-corrected chi connectivity index (χ3v) is 1.95. The molecule has 0 saturated carbocycles. The van der Waals surface area contributed by atoms with Gasteiger partial charge in [0.2, 0.25) is 0 Å². The van der Waals surface area contributed by atoms with Crippen molar-refractivity contribution in [2.45, 2.75) is 20.0 Å². The lowest BCUT2D eigenvalue weighted by Crippen LogP contribution is -2.20. The van der Waals surface area contributed by atoms with E-state index in [2.05, 4.69) is 20.6 Å². The number of nitrogens with zero attached hydrogens (tertiary/aromatic N) is 2. The highest BCUT2D eigenvalue weighted by Gasteiger charge is 2.01. The summed E-state index contributed by atoms with van der Waals surface area (Å²) in [6, 6.07) is 1.86. The highest BCUT2D eigenvalue weighted by Crippen LogP contribution is 2.07. The van der Waals surface area contributed by atoms with E-state index in [1.807, 2.05) is 27.0 Å². The van der Waals surface area contributed by atoms with Gasteiger partial charge in [-0.25, -0.2) is 9.97 Å². The Balaban J connectivity index is 2.43. The van der Waals surface area contributed by atoms with Crippen LogP contribution in [0.25, 0.3) is 0 Å². The lowest BCUT2D eigenvalue weighted by Gasteiger charge is -2.13. The third-order valence-electron chi connectivity index (χ3n) is 1.95. The standard InChI is InChI=1S/C10H18N4O/c1-4-15-8(2)6-12-10-5-9(11-3)13-7-14-10/h5,7-8H,4,6H2,1-3H3,(H2,11,12,13,14). The maximum absolute atomic E-state index is 5.40. The Morgan fingerprint density at radius 2 is 2.13 bits per heavy atom. The van der Waals surface area contributed by atoms with Gasteiger partial charge in [-0.15, -0.1) is 0 Å². The van der Waals surface area contributed by atoms with Gasteiger partial charge in [0.15, 0.2) is 0 Å². The van der Waals surface area contributed by atoms with E-state index in [1.54, 1.807) is 0 Å². The molecule has 0 aliphatic rings. The van der Waals surface area contributed by atoms with Crippen molar-refractivity contribution in [3.63, 3.8) is 0 Å². The number of aromatic nitrogens is 2. The third kappa shape index (κ3) is 4.12. The zero-order valence-electron chi connectivity index (χ0n) is 9.45. The zero-order valence-corrected chi connectivity index (χ0v) is 9.45. The Morgan fingerprint density at radius 1 is 1.40 bits per heavy atom. The fourth-order valence-corrected chi connectivity index (χ4v) is 1.18. The Morgan fingerprint density at radius 3 is 2.80 bits per heavy atom. The molecule has 0 amide bonds. The lowest BCUT2D eigenvalue weighted by molar-refractivity contribution is 0.0855. The first-order valence-corrected chi connectivity index (χ1v) is 5.11. The SMILES string of the molecule is CCOC(C)CNc1cc(NC)ncn1. The molecule has 5 nitrogen and oxygen atoms in total. The number of anilines is 2. The lowest BCUT2D eigenvalue weighted by atomic mass is 10.4. The van der Waals surface area contributed by atoms with Gasteiger partial charge in [0, 0.05) is 26.3 Å². The molecule has 5 heteroatoms. The first-order chi connectivity index (χ1) is 7.26. The average molecular weight is 210 g/mol. The molecule has 1 unspecified atom stereocenters. The van der Waals surface area contributed by atoms with E-state index in [4.69, 9.17) is 4.74 Å². The summed E-state index contributed by atoms with van der Waals surface area (Å²) < 4.78 is 5.40. The fourth-order valence-electron chi connectivity index (χ4n) is 1.18. The molecular formula is C10H18N4O. The first kappa shape index (κ1) is 11.7. The van der Waals surface area contributed by atoms with Gasteiger partial charge in [-0.3, -0.25) is 0 Å². The molecule has 84 valence electrons. The Bertz CT molecular complexity index is 293. The molecule has 0 aromatic carbocycles. The van der Waals surface area contributed by atoms with Crippen LogP contribution in [0.2, 0.25) is 0 Å². The molecule has 0 saturated heterocycles. The van der Waals surface area contributed by atoms with Crippen molar-refractivity contribution in [1.82, 2.24) is 9.97 Å². The van der Waals surface area contributed by atoms with Gasteiger partial charge < -0.3 is 15.4 Å². The van der Waals surface area contributed by atoms with Gasteiger partial charge >= 0.3 is 0 Å². The van der Waals surface area contributed by atoms with Crippen molar-refractivity contribution in [2.75, 3.05) is 30.8 Å². The normalized spacial score (nSPS) is 12.2. The quantitative estimate of drug-likeness (QED) is 0.742. The number of hydrogen-bond acceptors (Lipinski definition) is 5. The van der Waals surface area contributed by atoms with Crippen LogP contribution in [0.1, 0.15) is 13.8 Å². The molecule has 1 rings (SSSR count). The molecule has 1 heterocycles. The van der Waals surface area contributed by atoms with Crippen LogP contribution in [-0.4, -0.2) is 36.3 Å². The van der Waals surface area contributed by atoms with Crippen LogP contribution in [0, 0.1) is 0 Å². The summed E-state index contributed by atoms with van der Waals surface area (Å²) in [7, 11) is 1.83. The second-order valence-corrected chi connectivity index (χ2v) is 3.19. The maximum atomic E-state index is 5.40. The van der Waals surface area contributed by atoms with Crippen molar-refractivity contribution < 1.29 is 4.74 Å². The first-order valence-electron chi connectivity index (χ1n) is 5.11. The summed E-state index contributed by atoms with van der Waals surface area (Å²) in [6.45, 7) is 5.49. The monoisotopic (exact) mass is 210 g/mol. The maximum Gasteiger partial charge on any atom is 0.131 e. The predicted octanol–water partition coefficient (Wildman–Crippen LogP) is 1.36. The fraction of sp³-hybridized carbons (Fsp3) is 0.600. The van der Waals surface area contributed by atoms with E-state index in [0.29, 0.717) is 0 Å². The predicted molar refractivity (Wildman–Crippen MR) is 61.2 cm³/mol. The van der Waals surface area contributed by atoms with E-state index >= 15 is 0 Å². The zero-order chi connectivity index (χ0) is 11.1. The van der Waals surface area contributed by atoms with Gasteiger partial charge in [-0.05, 0) is 13.8 Å². The van der Waals surface area contributed by atoms with E-state index in [0.717, 1.165) is 24.8 Å². The van der Waals surface area contributed by atoms with Crippen LogP contribution < -0.4 is 10.6 Å². The molecule has 0 radical (unpaired) electrons. The van der Waals surface area contributed by atoms with Gasteiger partial charge in [0.25, 0.3) is 0 Å². The number of ether oxygens (including phenoxy) is 1. The number of nitrogens with one attached hydrogen (secondary N) is 2. The molecule has 2 N–H and O–H groups in total. The number of hydrogen-bond donors (Lipinski definition) is 2. The van der Waals surface area contributed by atoms with Crippen molar-refractivity contribution in [1.29, 1.82) is 0 Å². The van der Waals surface area contributed by atoms with Crippen molar-refractivity contribution >= 4 is 11.6 Å². The molecule has 1 aromatic rings. The summed E-state index contributed by atoms with van der Waals surface area (Å²) in [5.74, 6) is 1.61. The van der Waals surface area contributed by atoms with E-state index in [1.165, 1.54) is 6.33 Å². The van der Waals surface area contributed by atoms with Gasteiger partial charge in [-0.1, -0.05) is 0 Å². The summed E-state index contributed by atoms with van der Waals surface area (Å²) in [6.07, 6.45) is 1.71. The second kappa shape index (κ2) is 6.19. The minimum atomic E-state index is 0.183. The van der Waals surface area contributed by atoms with Crippen LogP contribution in [0.15, 0.2) is 12.4 Å². The molecule has 1 atom stereocenters. The topological polar surface area (TPSA) is 59.1 Å². The largest absolute Gasteiger partial charge is 0.377 e. The van der Waals surface area contributed by atoms with Crippen molar-refractivity contribution in [3.05, 3.63) is 12.4 Å². The summed E-state index contributed by atoms with van der Waals surface area (Å²) in [5.41, 5.74) is 0. The molecular weight excluding hydrogens is 192 g/mol. The van der Waals surface area contributed by atoms with E-state index in [9.17, 15) is 0 Å². The van der Waals surface area contributed by atoms with Crippen LogP contribution in [0.3, 0.4) is 0 Å². The minimum absolute atomic E-state index is 0.183. The van der Waals surface area contributed by atoms with Gasteiger partial charge in [0.1, 0.15) is 18.0 Å². The minimum Gasteiger partial charge on any atom is -0.377 e. The molecule has 0 aliphatic heterocycles. The van der Waals surface area contributed by atoms with E-state index < -0.39 is 0 Å².